The standard InChI is InChI=1S/C20H17Cl2N3O/c1-3-5-18-13(2)20(24-12-23-18)25-15-8-9-19(17(22)11-15)26-16-7-4-6-14(21)10-16/h3-12H,1-2H3,(H,23,24,25)/b5-3-. The Kier molecular flexibility index (Phi) is 5.76. The van der Waals surface area contributed by atoms with Crippen molar-refractivity contribution < 1.29 is 4.74 Å². The predicted octanol–water partition coefficient (Wildman–Crippen LogP) is 6.66. The maximum absolute atomic E-state index is 6.36. The molecule has 0 atom stereocenters. The molecule has 0 aliphatic rings. The highest BCUT2D eigenvalue weighted by molar-refractivity contribution is 6.32. The van der Waals surface area contributed by atoms with E-state index in [0.717, 1.165) is 22.8 Å². The number of allylic oxidation sites excluding steroid dienone is 1. The van der Waals surface area contributed by atoms with Gasteiger partial charge in [-0.1, -0.05) is 35.3 Å². The Balaban J connectivity index is 1.81. The highest BCUT2D eigenvalue weighted by Gasteiger charge is 2.08. The summed E-state index contributed by atoms with van der Waals surface area (Å²) in [7, 11) is 0. The van der Waals surface area contributed by atoms with Crippen LogP contribution in [0.25, 0.3) is 6.08 Å². The molecular weight excluding hydrogens is 369 g/mol. The maximum atomic E-state index is 6.36. The van der Waals surface area contributed by atoms with Crippen molar-refractivity contribution in [2.45, 2.75) is 13.8 Å². The molecule has 0 radical (unpaired) electrons. The number of hydrogen-bond acceptors (Lipinski definition) is 4. The fraction of sp³-hybridized carbons (Fsp3) is 0.100. The number of benzene rings is 2. The summed E-state index contributed by atoms with van der Waals surface area (Å²) in [6.45, 7) is 3.92. The molecule has 3 aromatic rings. The van der Waals surface area contributed by atoms with Crippen LogP contribution < -0.4 is 10.1 Å². The Morgan fingerprint density at radius 2 is 1.92 bits per heavy atom. The Bertz CT molecular complexity index is 958. The minimum absolute atomic E-state index is 0.482. The summed E-state index contributed by atoms with van der Waals surface area (Å²) in [6, 6.07) is 12.6. The van der Waals surface area contributed by atoms with Crippen LogP contribution in [0.1, 0.15) is 18.2 Å². The van der Waals surface area contributed by atoms with E-state index in [1.165, 1.54) is 6.33 Å². The zero-order valence-electron chi connectivity index (χ0n) is 14.3. The maximum Gasteiger partial charge on any atom is 0.146 e. The third-order valence-corrected chi connectivity index (χ3v) is 4.20. The number of nitrogens with zero attached hydrogens (tertiary/aromatic N) is 2. The van der Waals surface area contributed by atoms with Gasteiger partial charge in [0.25, 0.3) is 0 Å². The van der Waals surface area contributed by atoms with E-state index in [1.807, 2.05) is 44.2 Å². The number of hydrogen-bond donors (Lipinski definition) is 1. The third kappa shape index (κ3) is 4.34. The lowest BCUT2D eigenvalue weighted by molar-refractivity contribution is 0.483. The predicted molar refractivity (Wildman–Crippen MR) is 108 cm³/mol. The quantitative estimate of drug-likeness (QED) is 0.533. The lowest BCUT2D eigenvalue weighted by Crippen LogP contribution is -2.00. The first-order valence-electron chi connectivity index (χ1n) is 8.01. The lowest BCUT2D eigenvalue weighted by atomic mass is 10.2. The van der Waals surface area contributed by atoms with E-state index in [2.05, 4.69) is 15.3 Å². The van der Waals surface area contributed by atoms with Crippen LogP contribution in [0.5, 0.6) is 11.5 Å². The largest absolute Gasteiger partial charge is 0.456 e. The molecule has 0 fully saturated rings. The molecule has 0 spiro atoms. The Hall–Kier alpha value is -2.56. The molecule has 0 aliphatic heterocycles. The van der Waals surface area contributed by atoms with Crippen molar-refractivity contribution in [1.82, 2.24) is 9.97 Å². The zero-order valence-corrected chi connectivity index (χ0v) is 15.8. The number of aromatic nitrogens is 2. The van der Waals surface area contributed by atoms with Gasteiger partial charge in [0.15, 0.2) is 0 Å². The van der Waals surface area contributed by atoms with Gasteiger partial charge in [-0.05, 0) is 56.3 Å². The van der Waals surface area contributed by atoms with Crippen molar-refractivity contribution in [3.05, 3.63) is 76.2 Å². The highest BCUT2D eigenvalue weighted by Crippen LogP contribution is 2.33. The van der Waals surface area contributed by atoms with Crippen LogP contribution in [0, 0.1) is 6.92 Å². The van der Waals surface area contributed by atoms with Crippen molar-refractivity contribution in [2.24, 2.45) is 0 Å². The number of ether oxygens (including phenoxy) is 1. The van der Waals surface area contributed by atoms with E-state index in [-0.39, 0.29) is 0 Å². The Morgan fingerprint density at radius 1 is 1.08 bits per heavy atom. The second kappa shape index (κ2) is 8.21. The van der Waals surface area contributed by atoms with Crippen LogP contribution in [-0.4, -0.2) is 9.97 Å². The molecule has 6 heteroatoms. The summed E-state index contributed by atoms with van der Waals surface area (Å²) >= 11 is 12.3. The first-order chi connectivity index (χ1) is 12.6. The van der Waals surface area contributed by atoms with Crippen molar-refractivity contribution in [1.29, 1.82) is 0 Å². The smallest absolute Gasteiger partial charge is 0.146 e. The average Bonchev–Trinajstić information content (AvgIpc) is 2.61. The first kappa shape index (κ1) is 18.2. The number of halogens is 2. The van der Waals surface area contributed by atoms with Crippen molar-refractivity contribution in [3.8, 4) is 11.5 Å². The van der Waals surface area contributed by atoms with Crippen LogP contribution >= 0.6 is 23.2 Å². The minimum atomic E-state index is 0.482. The SMILES string of the molecule is C/C=C\c1ncnc(Nc2ccc(Oc3cccc(Cl)c3)c(Cl)c2)c1C. The summed E-state index contributed by atoms with van der Waals surface area (Å²) in [5, 5.41) is 4.35. The molecule has 2 aromatic carbocycles. The molecule has 1 N–H and O–H groups in total. The van der Waals surface area contributed by atoms with Crippen molar-refractivity contribution >= 4 is 40.8 Å². The van der Waals surface area contributed by atoms with Crippen LogP contribution in [0.2, 0.25) is 10.0 Å². The fourth-order valence-electron chi connectivity index (χ4n) is 2.37. The molecule has 0 unspecified atom stereocenters. The van der Waals surface area contributed by atoms with Crippen LogP contribution in [0.15, 0.2) is 54.9 Å². The lowest BCUT2D eigenvalue weighted by Gasteiger charge is -2.12. The number of rotatable bonds is 5. The highest BCUT2D eigenvalue weighted by atomic mass is 35.5. The van der Waals surface area contributed by atoms with Gasteiger partial charge in [0.1, 0.15) is 23.6 Å². The van der Waals surface area contributed by atoms with Crippen molar-refractivity contribution in [2.75, 3.05) is 5.32 Å². The normalized spacial score (nSPS) is 10.9. The Morgan fingerprint density at radius 3 is 2.65 bits per heavy atom. The molecule has 0 saturated heterocycles. The van der Waals surface area contributed by atoms with Gasteiger partial charge in [0.05, 0.1) is 10.7 Å². The fourth-order valence-corrected chi connectivity index (χ4v) is 2.77. The summed E-state index contributed by atoms with van der Waals surface area (Å²) in [6.07, 6.45) is 5.41. The zero-order chi connectivity index (χ0) is 18.5. The molecule has 0 saturated carbocycles. The average molecular weight is 386 g/mol. The van der Waals surface area contributed by atoms with Gasteiger partial charge in [-0.2, -0.15) is 0 Å². The number of anilines is 2. The number of nitrogens with one attached hydrogen (secondary N) is 1. The monoisotopic (exact) mass is 385 g/mol. The summed E-state index contributed by atoms with van der Waals surface area (Å²) in [4.78, 5) is 8.56. The van der Waals surface area contributed by atoms with Gasteiger partial charge < -0.3 is 10.1 Å². The van der Waals surface area contributed by atoms with E-state index in [1.54, 1.807) is 24.3 Å². The molecule has 1 aromatic heterocycles. The molecule has 1 heterocycles. The molecule has 0 bridgehead atoms. The van der Waals surface area contributed by atoms with Gasteiger partial charge in [-0.3, -0.25) is 0 Å². The summed E-state index contributed by atoms with van der Waals surface area (Å²) < 4.78 is 5.79. The second-order valence-electron chi connectivity index (χ2n) is 5.56. The van der Waals surface area contributed by atoms with Crippen LogP contribution in [0.4, 0.5) is 11.5 Å². The second-order valence-corrected chi connectivity index (χ2v) is 6.41. The van der Waals surface area contributed by atoms with Gasteiger partial charge in [-0.25, -0.2) is 9.97 Å². The first-order valence-corrected chi connectivity index (χ1v) is 8.76. The molecule has 4 nitrogen and oxygen atoms in total. The van der Waals surface area contributed by atoms with E-state index in [4.69, 9.17) is 27.9 Å². The molecule has 0 aliphatic carbocycles. The van der Waals surface area contributed by atoms with Crippen LogP contribution in [0.3, 0.4) is 0 Å². The van der Waals surface area contributed by atoms with Gasteiger partial charge >= 0.3 is 0 Å². The van der Waals surface area contributed by atoms with Crippen LogP contribution in [-0.2, 0) is 0 Å². The van der Waals surface area contributed by atoms with Crippen molar-refractivity contribution in [3.63, 3.8) is 0 Å². The van der Waals surface area contributed by atoms with E-state index < -0.39 is 0 Å². The topological polar surface area (TPSA) is 47.0 Å². The molecule has 26 heavy (non-hydrogen) atoms. The summed E-state index contributed by atoms with van der Waals surface area (Å²) in [5.41, 5.74) is 2.64. The summed E-state index contributed by atoms with van der Waals surface area (Å²) in [5.74, 6) is 1.91. The van der Waals surface area contributed by atoms with Gasteiger partial charge in [-0.15, -0.1) is 0 Å². The van der Waals surface area contributed by atoms with Gasteiger partial charge in [0.2, 0.25) is 0 Å². The molecule has 0 amide bonds. The van der Waals surface area contributed by atoms with E-state index >= 15 is 0 Å². The Labute approximate surface area is 162 Å². The third-order valence-electron chi connectivity index (χ3n) is 3.67. The van der Waals surface area contributed by atoms with E-state index in [0.29, 0.717) is 21.5 Å². The molecule has 132 valence electrons. The molecule has 3 rings (SSSR count). The molecular formula is C20H17Cl2N3O. The minimum Gasteiger partial charge on any atom is -0.456 e. The van der Waals surface area contributed by atoms with Gasteiger partial charge in [0, 0.05) is 16.3 Å². The van der Waals surface area contributed by atoms with E-state index in [9.17, 15) is 0 Å².